The molecule has 0 amide bonds. The Morgan fingerprint density at radius 3 is 2.52 bits per heavy atom. The first-order valence-corrected chi connectivity index (χ1v) is 7.83. The Balaban J connectivity index is 2.03. The summed E-state index contributed by atoms with van der Waals surface area (Å²) in [6.45, 7) is 7.85. The lowest BCUT2D eigenvalue weighted by molar-refractivity contribution is 0.111. The Morgan fingerprint density at radius 1 is 1.29 bits per heavy atom. The van der Waals surface area contributed by atoms with E-state index in [4.69, 9.17) is 4.74 Å². The number of aliphatic hydroxyl groups is 1. The molecule has 4 heteroatoms. The van der Waals surface area contributed by atoms with Crippen LogP contribution in [0.1, 0.15) is 26.7 Å². The lowest BCUT2D eigenvalue weighted by atomic mass is 9.87. The number of nitrogens with zero attached hydrogens (tertiary/aromatic N) is 1. The van der Waals surface area contributed by atoms with Crippen molar-refractivity contribution in [3.63, 3.8) is 0 Å². The van der Waals surface area contributed by atoms with Gasteiger partial charge in [-0.25, -0.2) is 0 Å². The molecule has 4 nitrogen and oxygen atoms in total. The molecule has 0 aromatic heterocycles. The highest BCUT2D eigenvalue weighted by atomic mass is 16.5. The molecule has 1 aromatic rings. The van der Waals surface area contributed by atoms with Gasteiger partial charge in [0.2, 0.25) is 0 Å². The van der Waals surface area contributed by atoms with Crippen molar-refractivity contribution in [3.05, 3.63) is 24.3 Å². The van der Waals surface area contributed by atoms with Gasteiger partial charge >= 0.3 is 0 Å². The molecule has 0 bridgehead atoms. The molecule has 0 aliphatic carbocycles. The van der Waals surface area contributed by atoms with Gasteiger partial charge in [-0.05, 0) is 30.9 Å². The second-order valence-electron chi connectivity index (χ2n) is 6.46. The van der Waals surface area contributed by atoms with E-state index >= 15 is 0 Å². The van der Waals surface area contributed by atoms with Crippen LogP contribution in [0.3, 0.4) is 0 Å². The molecule has 0 saturated carbocycles. The molecule has 1 aliphatic heterocycles. The number of likely N-dealkylation sites (tertiary alicyclic amines) is 1. The Kier molecular flexibility index (Phi) is 5.48. The summed E-state index contributed by atoms with van der Waals surface area (Å²) in [7, 11) is 1.68. The molecular formula is C17H28N2O2. The van der Waals surface area contributed by atoms with Crippen LogP contribution in [0.4, 0.5) is 5.69 Å². The van der Waals surface area contributed by atoms with Crippen LogP contribution in [0.2, 0.25) is 0 Å². The van der Waals surface area contributed by atoms with Gasteiger partial charge in [0.25, 0.3) is 0 Å². The number of hydrogen-bond donors (Lipinski definition) is 2. The largest absolute Gasteiger partial charge is 0.495 e. The highest BCUT2D eigenvalue weighted by Crippen LogP contribution is 2.31. The smallest absolute Gasteiger partial charge is 0.141 e. The fourth-order valence-electron chi connectivity index (χ4n) is 3.04. The maximum Gasteiger partial charge on any atom is 0.141 e. The standard InChI is InChI=1S/C17H28N2O2/c1-14(2)12-19-10-8-17(13-20,9-11-19)18-15-6-4-5-7-16(15)21-3/h4-7,14,18,20H,8-13H2,1-3H3. The molecular weight excluding hydrogens is 264 g/mol. The van der Waals surface area contributed by atoms with Gasteiger partial charge in [0.05, 0.1) is 24.9 Å². The highest BCUT2D eigenvalue weighted by molar-refractivity contribution is 5.57. The molecule has 118 valence electrons. The average molecular weight is 292 g/mol. The minimum Gasteiger partial charge on any atom is -0.495 e. The first-order valence-electron chi connectivity index (χ1n) is 7.83. The van der Waals surface area contributed by atoms with Crippen LogP contribution in [-0.2, 0) is 0 Å². The third-order valence-electron chi connectivity index (χ3n) is 4.25. The predicted molar refractivity (Wildman–Crippen MR) is 86.9 cm³/mol. The van der Waals surface area contributed by atoms with Gasteiger partial charge in [0, 0.05) is 19.6 Å². The summed E-state index contributed by atoms with van der Waals surface area (Å²) >= 11 is 0. The third-order valence-corrected chi connectivity index (χ3v) is 4.25. The fraction of sp³-hybridized carbons (Fsp3) is 0.647. The number of benzene rings is 1. The van der Waals surface area contributed by atoms with Crippen LogP contribution in [0.15, 0.2) is 24.3 Å². The van der Waals surface area contributed by atoms with Crippen LogP contribution in [0.25, 0.3) is 0 Å². The van der Waals surface area contributed by atoms with E-state index in [1.165, 1.54) is 0 Å². The summed E-state index contributed by atoms with van der Waals surface area (Å²) in [5.74, 6) is 1.52. The first-order chi connectivity index (χ1) is 10.1. The highest BCUT2D eigenvalue weighted by Gasteiger charge is 2.34. The summed E-state index contributed by atoms with van der Waals surface area (Å²) in [5, 5.41) is 13.4. The third kappa shape index (κ3) is 4.11. The Hall–Kier alpha value is -1.26. The number of piperidine rings is 1. The van der Waals surface area contributed by atoms with Crippen molar-refractivity contribution in [2.24, 2.45) is 5.92 Å². The van der Waals surface area contributed by atoms with E-state index in [2.05, 4.69) is 24.1 Å². The number of nitrogens with one attached hydrogen (secondary N) is 1. The molecule has 0 radical (unpaired) electrons. The van der Waals surface area contributed by atoms with Crippen LogP contribution < -0.4 is 10.1 Å². The topological polar surface area (TPSA) is 44.7 Å². The second-order valence-corrected chi connectivity index (χ2v) is 6.46. The van der Waals surface area contributed by atoms with Crippen molar-refractivity contribution in [3.8, 4) is 5.75 Å². The molecule has 1 fully saturated rings. The molecule has 1 aliphatic rings. The van der Waals surface area contributed by atoms with Gasteiger partial charge in [0.1, 0.15) is 5.75 Å². The molecule has 0 spiro atoms. The van der Waals surface area contributed by atoms with Gasteiger partial charge in [-0.3, -0.25) is 0 Å². The van der Waals surface area contributed by atoms with Crippen LogP contribution in [0.5, 0.6) is 5.75 Å². The summed E-state index contributed by atoms with van der Waals surface area (Å²) in [5.41, 5.74) is 0.730. The van der Waals surface area contributed by atoms with E-state index in [9.17, 15) is 5.11 Å². The van der Waals surface area contributed by atoms with Crippen molar-refractivity contribution in [1.29, 1.82) is 0 Å². The average Bonchev–Trinajstić information content (AvgIpc) is 2.49. The fourth-order valence-corrected chi connectivity index (χ4v) is 3.04. The molecule has 2 rings (SSSR count). The van der Waals surface area contributed by atoms with E-state index in [1.54, 1.807) is 7.11 Å². The maximum atomic E-state index is 9.91. The van der Waals surface area contributed by atoms with Gasteiger partial charge in [0.15, 0.2) is 0 Å². The summed E-state index contributed by atoms with van der Waals surface area (Å²) in [6.07, 6.45) is 1.91. The second kappa shape index (κ2) is 7.14. The van der Waals surface area contributed by atoms with Crippen molar-refractivity contribution < 1.29 is 9.84 Å². The minimum atomic E-state index is -0.234. The molecule has 0 atom stereocenters. The van der Waals surface area contributed by atoms with Crippen molar-refractivity contribution in [1.82, 2.24) is 4.90 Å². The number of ether oxygens (including phenoxy) is 1. The lowest BCUT2D eigenvalue weighted by Gasteiger charge is -2.42. The quantitative estimate of drug-likeness (QED) is 0.846. The lowest BCUT2D eigenvalue weighted by Crippen LogP contribution is -2.52. The van der Waals surface area contributed by atoms with Crippen molar-refractivity contribution >= 4 is 5.69 Å². The number of para-hydroxylation sites is 2. The molecule has 0 unspecified atom stereocenters. The van der Waals surface area contributed by atoms with Gasteiger partial charge in [-0.2, -0.15) is 0 Å². The van der Waals surface area contributed by atoms with E-state index in [1.807, 2.05) is 24.3 Å². The predicted octanol–water partition coefficient (Wildman–Crippen LogP) is 2.59. The van der Waals surface area contributed by atoms with Crippen molar-refractivity contribution in [2.45, 2.75) is 32.2 Å². The van der Waals surface area contributed by atoms with Crippen molar-refractivity contribution in [2.75, 3.05) is 38.7 Å². The first kappa shape index (κ1) is 16.1. The SMILES string of the molecule is COc1ccccc1NC1(CO)CCN(CC(C)C)CC1. The monoisotopic (exact) mass is 292 g/mol. The maximum absolute atomic E-state index is 9.91. The number of rotatable bonds is 6. The number of hydrogen-bond acceptors (Lipinski definition) is 4. The summed E-state index contributed by atoms with van der Waals surface area (Å²) < 4.78 is 5.40. The van der Waals surface area contributed by atoms with Crippen LogP contribution in [-0.4, -0.2) is 48.9 Å². The molecule has 2 N–H and O–H groups in total. The van der Waals surface area contributed by atoms with E-state index in [-0.39, 0.29) is 12.1 Å². The number of anilines is 1. The van der Waals surface area contributed by atoms with Gasteiger partial charge in [-0.1, -0.05) is 26.0 Å². The Morgan fingerprint density at radius 2 is 1.95 bits per heavy atom. The summed E-state index contributed by atoms with van der Waals surface area (Å²) in [6, 6.07) is 7.91. The van der Waals surface area contributed by atoms with Gasteiger partial charge < -0.3 is 20.1 Å². The zero-order chi connectivity index (χ0) is 15.3. The van der Waals surface area contributed by atoms with E-state index in [0.717, 1.165) is 43.9 Å². The minimum absolute atomic E-state index is 0.153. The van der Waals surface area contributed by atoms with E-state index < -0.39 is 0 Å². The van der Waals surface area contributed by atoms with E-state index in [0.29, 0.717) is 5.92 Å². The number of methoxy groups -OCH3 is 1. The Labute approximate surface area is 128 Å². The molecule has 21 heavy (non-hydrogen) atoms. The van der Waals surface area contributed by atoms with Crippen LogP contribution in [0, 0.1) is 5.92 Å². The van der Waals surface area contributed by atoms with Crippen LogP contribution >= 0.6 is 0 Å². The Bertz CT molecular complexity index is 440. The molecule has 1 heterocycles. The molecule has 1 aromatic carbocycles. The molecule has 1 saturated heterocycles. The normalized spacial score (nSPS) is 18.7. The number of aliphatic hydroxyl groups excluding tert-OH is 1. The zero-order valence-electron chi connectivity index (χ0n) is 13.4. The van der Waals surface area contributed by atoms with Gasteiger partial charge in [-0.15, -0.1) is 0 Å². The zero-order valence-corrected chi connectivity index (χ0v) is 13.4. The summed E-state index contributed by atoms with van der Waals surface area (Å²) in [4.78, 5) is 2.49.